The molecule has 0 amide bonds. The minimum Gasteiger partial charge on any atom is -0.356 e. The topological polar surface area (TPSA) is 49.3 Å². The van der Waals surface area contributed by atoms with E-state index in [2.05, 4.69) is 58.7 Å². The molecule has 4 nitrogen and oxygen atoms in total. The van der Waals surface area contributed by atoms with Crippen LogP contribution in [-0.2, 0) is 19.3 Å². The summed E-state index contributed by atoms with van der Waals surface area (Å²) in [5.41, 5.74) is 2.64. The van der Waals surface area contributed by atoms with E-state index < -0.39 is 0 Å². The first kappa shape index (κ1) is 20.9. The summed E-state index contributed by atoms with van der Waals surface area (Å²) in [4.78, 5) is 10.0. The summed E-state index contributed by atoms with van der Waals surface area (Å²) in [6, 6.07) is 8.67. The monoisotopic (exact) mass is 458 g/mol. The standard InChI is InChI=1S/C18H26N4S.HI/c1-4-16-13-22-17(23-16)10-12-21-18(19-3)20-11-9-15-7-5-14(2)6-8-15;/h5-8,13H,4,9-12H2,1-3H3,(H2,19,20,21);1H. The smallest absolute Gasteiger partial charge is 0.191 e. The van der Waals surface area contributed by atoms with E-state index in [0.29, 0.717) is 0 Å². The van der Waals surface area contributed by atoms with Crippen molar-refractivity contribution >= 4 is 41.3 Å². The van der Waals surface area contributed by atoms with Gasteiger partial charge in [-0.05, 0) is 25.3 Å². The van der Waals surface area contributed by atoms with Gasteiger partial charge in [0.15, 0.2) is 5.96 Å². The number of aryl methyl sites for hydroxylation is 2. The Bertz CT molecular complexity index is 622. The van der Waals surface area contributed by atoms with Crippen molar-refractivity contribution in [2.24, 2.45) is 4.99 Å². The van der Waals surface area contributed by atoms with Crippen LogP contribution in [0.3, 0.4) is 0 Å². The van der Waals surface area contributed by atoms with Crippen LogP contribution < -0.4 is 10.6 Å². The van der Waals surface area contributed by atoms with E-state index in [4.69, 9.17) is 0 Å². The number of hydrogen-bond donors (Lipinski definition) is 2. The Morgan fingerprint density at radius 1 is 1.12 bits per heavy atom. The number of aromatic nitrogens is 1. The zero-order valence-electron chi connectivity index (χ0n) is 14.6. The lowest BCUT2D eigenvalue weighted by Gasteiger charge is -2.11. The Morgan fingerprint density at radius 3 is 2.38 bits per heavy atom. The molecule has 0 atom stereocenters. The maximum absolute atomic E-state index is 4.44. The molecule has 0 saturated carbocycles. The minimum atomic E-state index is 0. The predicted molar refractivity (Wildman–Crippen MR) is 115 cm³/mol. The van der Waals surface area contributed by atoms with E-state index in [-0.39, 0.29) is 24.0 Å². The summed E-state index contributed by atoms with van der Waals surface area (Å²) in [5.74, 6) is 0.851. The van der Waals surface area contributed by atoms with Gasteiger partial charge in [0.2, 0.25) is 0 Å². The molecule has 1 aromatic carbocycles. The van der Waals surface area contributed by atoms with Crippen LogP contribution in [0, 0.1) is 6.92 Å². The molecule has 0 aliphatic heterocycles. The quantitative estimate of drug-likeness (QED) is 0.379. The van der Waals surface area contributed by atoms with Gasteiger partial charge in [-0.1, -0.05) is 36.8 Å². The highest BCUT2D eigenvalue weighted by Gasteiger charge is 2.02. The van der Waals surface area contributed by atoms with Gasteiger partial charge in [0.25, 0.3) is 0 Å². The predicted octanol–water partition coefficient (Wildman–Crippen LogP) is 3.58. The van der Waals surface area contributed by atoms with Crippen molar-refractivity contribution < 1.29 is 0 Å². The summed E-state index contributed by atoms with van der Waals surface area (Å²) in [7, 11) is 1.81. The molecule has 0 radical (unpaired) electrons. The number of rotatable bonds is 7. The highest BCUT2D eigenvalue weighted by Crippen LogP contribution is 2.13. The van der Waals surface area contributed by atoms with Crippen molar-refractivity contribution in [1.29, 1.82) is 0 Å². The van der Waals surface area contributed by atoms with Crippen LogP contribution in [0.15, 0.2) is 35.5 Å². The number of benzene rings is 1. The number of thiazole rings is 1. The average molecular weight is 458 g/mol. The van der Waals surface area contributed by atoms with Gasteiger partial charge in [0.05, 0.1) is 5.01 Å². The summed E-state index contributed by atoms with van der Waals surface area (Å²) in [6.07, 6.45) is 4.97. The number of halogens is 1. The molecule has 24 heavy (non-hydrogen) atoms. The fourth-order valence-corrected chi connectivity index (χ4v) is 3.08. The third-order valence-corrected chi connectivity index (χ3v) is 4.83. The molecule has 0 aliphatic rings. The van der Waals surface area contributed by atoms with Crippen LogP contribution in [0.1, 0.15) is 27.9 Å². The summed E-state index contributed by atoms with van der Waals surface area (Å²) < 4.78 is 0. The maximum Gasteiger partial charge on any atom is 0.191 e. The van der Waals surface area contributed by atoms with Crippen LogP contribution in [0.25, 0.3) is 0 Å². The van der Waals surface area contributed by atoms with Crippen molar-refractivity contribution in [3.05, 3.63) is 51.5 Å². The van der Waals surface area contributed by atoms with Crippen molar-refractivity contribution in [2.45, 2.75) is 33.1 Å². The lowest BCUT2D eigenvalue weighted by atomic mass is 10.1. The third kappa shape index (κ3) is 7.17. The van der Waals surface area contributed by atoms with E-state index in [1.54, 1.807) is 18.4 Å². The molecule has 0 unspecified atom stereocenters. The number of aliphatic imine (C=N–C) groups is 1. The second-order valence-corrected chi connectivity index (χ2v) is 6.68. The molecule has 1 aromatic heterocycles. The average Bonchev–Trinajstić information content (AvgIpc) is 3.03. The Kier molecular flexibility index (Phi) is 9.94. The van der Waals surface area contributed by atoms with E-state index in [1.165, 1.54) is 21.0 Å². The van der Waals surface area contributed by atoms with E-state index >= 15 is 0 Å². The fourth-order valence-electron chi connectivity index (χ4n) is 2.22. The first-order valence-corrected chi connectivity index (χ1v) is 8.96. The van der Waals surface area contributed by atoms with Crippen molar-refractivity contribution in [3.63, 3.8) is 0 Å². The van der Waals surface area contributed by atoms with Gasteiger partial charge in [-0.3, -0.25) is 4.99 Å². The molecule has 0 aliphatic carbocycles. The Morgan fingerprint density at radius 2 is 1.79 bits per heavy atom. The lowest BCUT2D eigenvalue weighted by Crippen LogP contribution is -2.39. The third-order valence-electron chi connectivity index (χ3n) is 3.63. The van der Waals surface area contributed by atoms with Gasteiger partial charge in [-0.15, -0.1) is 35.3 Å². The zero-order valence-corrected chi connectivity index (χ0v) is 17.8. The molecule has 132 valence electrons. The van der Waals surface area contributed by atoms with Crippen LogP contribution >= 0.6 is 35.3 Å². The summed E-state index contributed by atoms with van der Waals surface area (Å²) in [5, 5.41) is 7.89. The molecule has 0 saturated heterocycles. The number of nitrogens with one attached hydrogen (secondary N) is 2. The Balaban J connectivity index is 0.00000288. The van der Waals surface area contributed by atoms with Crippen LogP contribution in [0.4, 0.5) is 0 Å². The molecule has 2 N–H and O–H groups in total. The van der Waals surface area contributed by atoms with Crippen LogP contribution in [-0.4, -0.2) is 31.1 Å². The summed E-state index contributed by atoms with van der Waals surface area (Å²) >= 11 is 1.80. The number of nitrogens with zero attached hydrogens (tertiary/aromatic N) is 2. The van der Waals surface area contributed by atoms with Crippen LogP contribution in [0.5, 0.6) is 0 Å². The van der Waals surface area contributed by atoms with Crippen molar-refractivity contribution in [1.82, 2.24) is 15.6 Å². The van der Waals surface area contributed by atoms with Gasteiger partial charge in [0.1, 0.15) is 0 Å². The highest BCUT2D eigenvalue weighted by molar-refractivity contribution is 14.0. The fraction of sp³-hybridized carbons (Fsp3) is 0.444. The van der Waals surface area contributed by atoms with E-state index in [0.717, 1.165) is 38.3 Å². The molecule has 0 spiro atoms. The molecule has 0 bridgehead atoms. The number of hydrogen-bond acceptors (Lipinski definition) is 3. The maximum atomic E-state index is 4.44. The largest absolute Gasteiger partial charge is 0.356 e. The normalized spacial score (nSPS) is 11.0. The Hall–Kier alpha value is -1.15. The van der Waals surface area contributed by atoms with Gasteiger partial charge in [0, 0.05) is 37.6 Å². The zero-order chi connectivity index (χ0) is 16.5. The Labute approximate surface area is 166 Å². The molecule has 0 fully saturated rings. The molecular formula is C18H27IN4S. The summed E-state index contributed by atoms with van der Waals surface area (Å²) in [6.45, 7) is 6.00. The van der Waals surface area contributed by atoms with Gasteiger partial charge in [-0.25, -0.2) is 4.98 Å². The van der Waals surface area contributed by atoms with Gasteiger partial charge >= 0.3 is 0 Å². The highest BCUT2D eigenvalue weighted by atomic mass is 127. The SMILES string of the molecule is CCc1cnc(CCNC(=NC)NCCc2ccc(C)cc2)s1.I. The van der Waals surface area contributed by atoms with E-state index in [1.807, 2.05) is 6.20 Å². The first-order valence-electron chi connectivity index (χ1n) is 8.15. The molecule has 6 heteroatoms. The molecule has 2 aromatic rings. The van der Waals surface area contributed by atoms with Gasteiger partial charge in [-0.2, -0.15) is 0 Å². The second kappa shape index (κ2) is 11.4. The molecule has 2 rings (SSSR count). The van der Waals surface area contributed by atoms with E-state index in [9.17, 15) is 0 Å². The minimum absolute atomic E-state index is 0. The lowest BCUT2D eigenvalue weighted by molar-refractivity contribution is 0.782. The van der Waals surface area contributed by atoms with Crippen LogP contribution in [0.2, 0.25) is 0 Å². The molecule has 1 heterocycles. The van der Waals surface area contributed by atoms with Gasteiger partial charge < -0.3 is 10.6 Å². The number of guanidine groups is 1. The first-order chi connectivity index (χ1) is 11.2. The molecular weight excluding hydrogens is 431 g/mol. The van der Waals surface area contributed by atoms with Crippen molar-refractivity contribution in [3.8, 4) is 0 Å². The van der Waals surface area contributed by atoms with Crippen molar-refractivity contribution in [2.75, 3.05) is 20.1 Å². The second-order valence-electron chi connectivity index (χ2n) is 5.49.